The van der Waals surface area contributed by atoms with Crippen LogP contribution in [0.1, 0.15) is 58.8 Å². The molecular formula is C19H30O6. The van der Waals surface area contributed by atoms with Crippen molar-refractivity contribution in [1.82, 2.24) is 0 Å². The molecule has 2 aliphatic carbocycles. The van der Waals surface area contributed by atoms with Crippen molar-refractivity contribution in [1.29, 1.82) is 0 Å². The number of methoxy groups -OCH3 is 1. The standard InChI is InChI=1S/C19H30O6/c1-13-10-14(2)19(9-6-17(13)21)24-12-16(25-19)11-23-18(22-3)7-4-15(20)5-8-18/h13-14,16H,4-12H2,1-3H3/t13?,14-,16?,19?/m1/s1. The van der Waals surface area contributed by atoms with Gasteiger partial charge in [-0.25, -0.2) is 0 Å². The van der Waals surface area contributed by atoms with Crippen LogP contribution in [-0.4, -0.2) is 49.6 Å². The van der Waals surface area contributed by atoms with Crippen LogP contribution in [0.15, 0.2) is 0 Å². The van der Waals surface area contributed by atoms with E-state index in [0.717, 1.165) is 6.42 Å². The lowest BCUT2D eigenvalue weighted by Crippen LogP contribution is -2.42. The topological polar surface area (TPSA) is 71.1 Å². The minimum Gasteiger partial charge on any atom is -0.353 e. The molecule has 2 saturated carbocycles. The molecule has 0 bridgehead atoms. The molecule has 3 aliphatic rings. The normalized spacial score (nSPS) is 38.9. The summed E-state index contributed by atoms with van der Waals surface area (Å²) in [5.41, 5.74) is 0. The molecule has 3 fully saturated rings. The van der Waals surface area contributed by atoms with Gasteiger partial charge in [0.1, 0.15) is 17.7 Å². The zero-order valence-electron chi connectivity index (χ0n) is 15.5. The van der Waals surface area contributed by atoms with Crippen LogP contribution in [0.5, 0.6) is 0 Å². The van der Waals surface area contributed by atoms with E-state index >= 15 is 0 Å². The second kappa shape index (κ2) is 7.43. The molecule has 25 heavy (non-hydrogen) atoms. The van der Waals surface area contributed by atoms with Crippen molar-refractivity contribution in [2.45, 2.75) is 76.5 Å². The first kappa shape index (κ1) is 19.0. The number of ketones is 2. The highest BCUT2D eigenvalue weighted by molar-refractivity contribution is 5.81. The smallest absolute Gasteiger partial charge is 0.171 e. The Labute approximate surface area is 149 Å². The second-order valence-corrected chi connectivity index (χ2v) is 7.83. The summed E-state index contributed by atoms with van der Waals surface area (Å²) in [6.07, 6.45) is 3.90. The Morgan fingerprint density at radius 3 is 2.52 bits per heavy atom. The van der Waals surface area contributed by atoms with Gasteiger partial charge in [-0.15, -0.1) is 0 Å². The third-order valence-electron chi connectivity index (χ3n) is 6.08. The monoisotopic (exact) mass is 354 g/mol. The quantitative estimate of drug-likeness (QED) is 0.723. The van der Waals surface area contributed by atoms with Crippen LogP contribution < -0.4 is 0 Å². The number of carbonyl (C=O) groups is 2. The number of hydrogen-bond donors (Lipinski definition) is 0. The van der Waals surface area contributed by atoms with Crippen molar-refractivity contribution in [3.63, 3.8) is 0 Å². The lowest BCUT2D eigenvalue weighted by atomic mass is 9.92. The highest BCUT2D eigenvalue weighted by atomic mass is 16.8. The van der Waals surface area contributed by atoms with E-state index in [4.69, 9.17) is 18.9 Å². The molecule has 1 saturated heterocycles. The van der Waals surface area contributed by atoms with Crippen molar-refractivity contribution in [3.8, 4) is 0 Å². The molecular weight excluding hydrogens is 324 g/mol. The molecule has 3 rings (SSSR count). The van der Waals surface area contributed by atoms with Crippen molar-refractivity contribution < 1.29 is 28.5 Å². The predicted octanol–water partition coefficient (Wildman–Crippen LogP) is 2.63. The van der Waals surface area contributed by atoms with Gasteiger partial charge in [0.15, 0.2) is 11.6 Å². The minimum absolute atomic E-state index is 0.0633. The molecule has 0 amide bonds. The Morgan fingerprint density at radius 1 is 1.12 bits per heavy atom. The molecule has 6 nitrogen and oxygen atoms in total. The maximum atomic E-state index is 12.0. The van der Waals surface area contributed by atoms with E-state index in [1.54, 1.807) is 7.11 Å². The SMILES string of the molecule is COC1(OCC2COC3(CCC(=O)C(C)C[C@H]3C)O2)CCC(=O)CC1. The minimum atomic E-state index is -0.688. The Hall–Kier alpha value is -0.820. The lowest BCUT2D eigenvalue weighted by Gasteiger charge is -2.36. The van der Waals surface area contributed by atoms with Crippen molar-refractivity contribution in [3.05, 3.63) is 0 Å². The van der Waals surface area contributed by atoms with Crippen LogP contribution in [0.25, 0.3) is 0 Å². The van der Waals surface area contributed by atoms with Gasteiger partial charge in [0.25, 0.3) is 0 Å². The number of carbonyl (C=O) groups excluding carboxylic acids is 2. The van der Waals surface area contributed by atoms with Gasteiger partial charge in [-0.2, -0.15) is 0 Å². The summed E-state index contributed by atoms with van der Waals surface area (Å²) in [4.78, 5) is 23.5. The largest absolute Gasteiger partial charge is 0.353 e. The first-order valence-corrected chi connectivity index (χ1v) is 9.43. The number of hydrogen-bond acceptors (Lipinski definition) is 6. The van der Waals surface area contributed by atoms with Crippen molar-refractivity contribution in [2.24, 2.45) is 11.8 Å². The number of ether oxygens (including phenoxy) is 4. The van der Waals surface area contributed by atoms with Crippen molar-refractivity contribution >= 4 is 11.6 Å². The average molecular weight is 354 g/mol. The summed E-state index contributed by atoms with van der Waals surface area (Å²) in [5.74, 6) is -0.567. The molecule has 0 aromatic rings. The van der Waals surface area contributed by atoms with E-state index in [1.165, 1.54) is 0 Å². The van der Waals surface area contributed by atoms with E-state index in [1.807, 2.05) is 6.92 Å². The third-order valence-corrected chi connectivity index (χ3v) is 6.08. The number of Topliss-reactive ketones (excluding diaryl/α,β-unsaturated/α-hetero) is 2. The maximum Gasteiger partial charge on any atom is 0.171 e. The zero-order valence-corrected chi connectivity index (χ0v) is 15.5. The van der Waals surface area contributed by atoms with E-state index in [-0.39, 0.29) is 23.7 Å². The van der Waals surface area contributed by atoms with E-state index < -0.39 is 11.6 Å². The molecule has 4 atom stereocenters. The molecule has 0 N–H and O–H groups in total. The summed E-state index contributed by atoms with van der Waals surface area (Å²) < 4.78 is 23.9. The van der Waals surface area contributed by atoms with Crippen LogP contribution >= 0.6 is 0 Å². The van der Waals surface area contributed by atoms with Gasteiger partial charge < -0.3 is 18.9 Å². The van der Waals surface area contributed by atoms with Gasteiger partial charge in [0, 0.05) is 57.5 Å². The Morgan fingerprint density at radius 2 is 1.84 bits per heavy atom. The van der Waals surface area contributed by atoms with Gasteiger partial charge in [0.05, 0.1) is 13.2 Å². The summed E-state index contributed by atoms with van der Waals surface area (Å²) in [7, 11) is 1.63. The molecule has 3 unspecified atom stereocenters. The fraction of sp³-hybridized carbons (Fsp3) is 0.895. The lowest BCUT2D eigenvalue weighted by molar-refractivity contribution is -0.256. The molecule has 0 radical (unpaired) electrons. The summed E-state index contributed by atoms with van der Waals surface area (Å²) in [6.45, 7) is 4.92. The summed E-state index contributed by atoms with van der Waals surface area (Å²) in [5, 5.41) is 0. The van der Waals surface area contributed by atoms with Crippen LogP contribution in [0, 0.1) is 11.8 Å². The molecule has 1 aliphatic heterocycles. The van der Waals surface area contributed by atoms with Crippen molar-refractivity contribution in [2.75, 3.05) is 20.3 Å². The van der Waals surface area contributed by atoms with Gasteiger partial charge >= 0.3 is 0 Å². The van der Waals surface area contributed by atoms with Crippen LogP contribution in [0.4, 0.5) is 0 Å². The van der Waals surface area contributed by atoms with Gasteiger partial charge in [0.2, 0.25) is 0 Å². The predicted molar refractivity (Wildman–Crippen MR) is 89.9 cm³/mol. The first-order chi connectivity index (χ1) is 11.9. The molecule has 1 heterocycles. The molecule has 0 aromatic heterocycles. The maximum absolute atomic E-state index is 12.0. The first-order valence-electron chi connectivity index (χ1n) is 9.43. The third kappa shape index (κ3) is 3.97. The summed E-state index contributed by atoms with van der Waals surface area (Å²) >= 11 is 0. The van der Waals surface area contributed by atoms with E-state index in [0.29, 0.717) is 57.5 Å². The molecule has 6 heteroatoms. The fourth-order valence-electron chi connectivity index (χ4n) is 4.25. The van der Waals surface area contributed by atoms with Gasteiger partial charge in [-0.3, -0.25) is 9.59 Å². The average Bonchev–Trinajstić information content (AvgIpc) is 3.00. The van der Waals surface area contributed by atoms with Crippen LogP contribution in [-0.2, 0) is 28.5 Å². The molecule has 142 valence electrons. The Kier molecular flexibility index (Phi) is 5.63. The number of rotatable bonds is 4. The molecule has 0 aromatic carbocycles. The highest BCUT2D eigenvalue weighted by Gasteiger charge is 2.49. The summed E-state index contributed by atoms with van der Waals surface area (Å²) in [6, 6.07) is 0. The van der Waals surface area contributed by atoms with Crippen LogP contribution in [0.3, 0.4) is 0 Å². The Bertz CT molecular complexity index is 508. The van der Waals surface area contributed by atoms with Gasteiger partial charge in [-0.05, 0) is 6.42 Å². The van der Waals surface area contributed by atoms with E-state index in [2.05, 4.69) is 6.92 Å². The second-order valence-electron chi connectivity index (χ2n) is 7.83. The van der Waals surface area contributed by atoms with Crippen LogP contribution in [0.2, 0.25) is 0 Å². The van der Waals surface area contributed by atoms with E-state index in [9.17, 15) is 9.59 Å². The Balaban J connectivity index is 1.57. The molecule has 1 spiro atoms. The fourth-order valence-corrected chi connectivity index (χ4v) is 4.25. The van der Waals surface area contributed by atoms with Gasteiger partial charge in [-0.1, -0.05) is 13.8 Å². The zero-order chi connectivity index (χ0) is 18.1. The highest BCUT2D eigenvalue weighted by Crippen LogP contribution is 2.42.